The molecule has 0 nitrogen and oxygen atoms in total. The van der Waals surface area contributed by atoms with Gasteiger partial charge in [0, 0.05) is 0 Å². The van der Waals surface area contributed by atoms with E-state index in [0.29, 0.717) is 0 Å². The standard InChI is InChI=1S/C5H10.C4H8/c1-4-3-5(4)2;1-3-4-2/h4-5H,3H2,1-2H3;3-4H,1-2H3/b;4-3+. The molecule has 0 heterocycles. The molecule has 0 aromatic rings. The van der Waals surface area contributed by atoms with Crippen LogP contribution >= 0.6 is 0 Å². The van der Waals surface area contributed by atoms with Gasteiger partial charge in [-0.3, -0.25) is 0 Å². The van der Waals surface area contributed by atoms with E-state index in [2.05, 4.69) is 13.8 Å². The van der Waals surface area contributed by atoms with Crippen molar-refractivity contribution in [3.05, 3.63) is 12.2 Å². The van der Waals surface area contributed by atoms with Crippen LogP contribution in [0.15, 0.2) is 12.2 Å². The summed E-state index contributed by atoms with van der Waals surface area (Å²) >= 11 is 0. The van der Waals surface area contributed by atoms with Gasteiger partial charge in [0.1, 0.15) is 0 Å². The fourth-order valence-corrected chi connectivity index (χ4v) is 0.508. The van der Waals surface area contributed by atoms with Crippen molar-refractivity contribution in [1.82, 2.24) is 0 Å². The summed E-state index contributed by atoms with van der Waals surface area (Å²) in [6.45, 7) is 8.59. The van der Waals surface area contributed by atoms with E-state index >= 15 is 0 Å². The van der Waals surface area contributed by atoms with Crippen LogP contribution in [0.2, 0.25) is 0 Å². The lowest BCUT2D eigenvalue weighted by molar-refractivity contribution is 0.834. The maximum atomic E-state index is 2.30. The zero-order chi connectivity index (χ0) is 7.28. The van der Waals surface area contributed by atoms with Gasteiger partial charge in [0.25, 0.3) is 0 Å². The van der Waals surface area contributed by atoms with Gasteiger partial charge in [0.15, 0.2) is 0 Å². The molecule has 0 saturated heterocycles. The van der Waals surface area contributed by atoms with E-state index < -0.39 is 0 Å². The Morgan fingerprint density at radius 3 is 1.22 bits per heavy atom. The van der Waals surface area contributed by atoms with E-state index in [9.17, 15) is 0 Å². The summed E-state index contributed by atoms with van der Waals surface area (Å²) in [5.74, 6) is 2.10. The van der Waals surface area contributed by atoms with Gasteiger partial charge in [-0.25, -0.2) is 0 Å². The van der Waals surface area contributed by atoms with Crippen LogP contribution in [0.4, 0.5) is 0 Å². The minimum Gasteiger partial charge on any atom is -0.0919 e. The quantitative estimate of drug-likeness (QED) is 0.437. The third-order valence-corrected chi connectivity index (χ3v) is 1.85. The third-order valence-electron chi connectivity index (χ3n) is 1.85. The van der Waals surface area contributed by atoms with Crippen LogP contribution in [0.1, 0.15) is 34.1 Å². The SMILES string of the molecule is C/C=C/C.CC1CC1C. The molecule has 1 fully saturated rings. The average Bonchev–Trinajstić information content (AvgIpc) is 2.47. The van der Waals surface area contributed by atoms with Crippen molar-refractivity contribution in [3.63, 3.8) is 0 Å². The monoisotopic (exact) mass is 126 g/mol. The molecular formula is C9H18. The Balaban J connectivity index is 0.000000148. The molecule has 0 radical (unpaired) electrons. The van der Waals surface area contributed by atoms with Gasteiger partial charge in [-0.05, 0) is 32.1 Å². The molecule has 2 atom stereocenters. The predicted molar refractivity (Wildman–Crippen MR) is 43.4 cm³/mol. The van der Waals surface area contributed by atoms with Crippen LogP contribution < -0.4 is 0 Å². The Bertz CT molecular complexity index is 72.0. The van der Waals surface area contributed by atoms with E-state index in [1.165, 1.54) is 6.42 Å². The molecular weight excluding hydrogens is 108 g/mol. The minimum absolute atomic E-state index is 1.05. The second kappa shape index (κ2) is 4.60. The summed E-state index contributed by atoms with van der Waals surface area (Å²) in [7, 11) is 0. The number of hydrogen-bond acceptors (Lipinski definition) is 0. The first-order valence-electron chi connectivity index (χ1n) is 3.79. The van der Waals surface area contributed by atoms with Crippen LogP contribution in [0, 0.1) is 11.8 Å². The highest BCUT2D eigenvalue weighted by Gasteiger charge is 2.26. The lowest BCUT2D eigenvalue weighted by Crippen LogP contribution is -1.58. The Hall–Kier alpha value is -0.260. The fourth-order valence-electron chi connectivity index (χ4n) is 0.508. The molecule has 0 heteroatoms. The fraction of sp³-hybridized carbons (Fsp3) is 0.778. The summed E-state index contributed by atoms with van der Waals surface area (Å²) in [4.78, 5) is 0. The van der Waals surface area contributed by atoms with E-state index in [1.807, 2.05) is 26.0 Å². The highest BCUT2D eigenvalue weighted by atomic mass is 14.3. The molecule has 1 rings (SSSR count). The van der Waals surface area contributed by atoms with Crippen molar-refractivity contribution in [2.75, 3.05) is 0 Å². The van der Waals surface area contributed by atoms with Gasteiger partial charge in [-0.2, -0.15) is 0 Å². The first-order chi connectivity index (χ1) is 4.22. The van der Waals surface area contributed by atoms with Crippen molar-refractivity contribution in [1.29, 1.82) is 0 Å². The van der Waals surface area contributed by atoms with Crippen molar-refractivity contribution in [2.45, 2.75) is 34.1 Å². The average molecular weight is 126 g/mol. The molecule has 1 aliphatic rings. The molecule has 0 aromatic heterocycles. The van der Waals surface area contributed by atoms with Crippen molar-refractivity contribution in [2.24, 2.45) is 11.8 Å². The highest BCUT2D eigenvalue weighted by molar-refractivity contribution is 4.76. The van der Waals surface area contributed by atoms with E-state index in [0.717, 1.165) is 11.8 Å². The summed E-state index contributed by atoms with van der Waals surface area (Å²) < 4.78 is 0. The van der Waals surface area contributed by atoms with Gasteiger partial charge in [-0.15, -0.1) is 0 Å². The summed E-state index contributed by atoms with van der Waals surface area (Å²) in [6.07, 6.45) is 5.47. The van der Waals surface area contributed by atoms with Crippen LogP contribution in [0.3, 0.4) is 0 Å². The Kier molecular flexibility index (Phi) is 4.47. The Morgan fingerprint density at radius 1 is 1.00 bits per heavy atom. The topological polar surface area (TPSA) is 0 Å². The molecule has 1 saturated carbocycles. The molecule has 54 valence electrons. The number of rotatable bonds is 0. The van der Waals surface area contributed by atoms with Crippen LogP contribution in [0.5, 0.6) is 0 Å². The van der Waals surface area contributed by atoms with Crippen molar-refractivity contribution in [3.8, 4) is 0 Å². The molecule has 0 spiro atoms. The second-order valence-electron chi connectivity index (χ2n) is 2.86. The summed E-state index contributed by atoms with van der Waals surface area (Å²) in [5.41, 5.74) is 0. The van der Waals surface area contributed by atoms with Gasteiger partial charge in [0.05, 0.1) is 0 Å². The first-order valence-corrected chi connectivity index (χ1v) is 3.79. The largest absolute Gasteiger partial charge is 0.0919 e. The molecule has 0 N–H and O–H groups in total. The molecule has 9 heavy (non-hydrogen) atoms. The first kappa shape index (κ1) is 8.74. The zero-order valence-corrected chi connectivity index (χ0v) is 7.02. The molecule has 0 bridgehead atoms. The molecule has 0 amide bonds. The van der Waals surface area contributed by atoms with Gasteiger partial charge < -0.3 is 0 Å². The lowest BCUT2D eigenvalue weighted by atomic mass is 10.4. The molecule has 0 aromatic carbocycles. The van der Waals surface area contributed by atoms with Crippen LogP contribution in [0.25, 0.3) is 0 Å². The van der Waals surface area contributed by atoms with Gasteiger partial charge in [-0.1, -0.05) is 26.0 Å². The van der Waals surface area contributed by atoms with Gasteiger partial charge >= 0.3 is 0 Å². The highest BCUT2D eigenvalue weighted by Crippen LogP contribution is 2.36. The number of allylic oxidation sites excluding steroid dienone is 2. The van der Waals surface area contributed by atoms with Crippen LogP contribution in [-0.4, -0.2) is 0 Å². The van der Waals surface area contributed by atoms with Gasteiger partial charge in [0.2, 0.25) is 0 Å². The van der Waals surface area contributed by atoms with E-state index in [1.54, 1.807) is 0 Å². The Labute approximate surface area is 59.0 Å². The maximum absolute atomic E-state index is 2.30. The predicted octanol–water partition coefficient (Wildman–Crippen LogP) is 3.24. The Morgan fingerprint density at radius 2 is 1.22 bits per heavy atom. The smallest absolute Gasteiger partial charge is 0.0414 e. The molecule has 1 aliphatic carbocycles. The van der Waals surface area contributed by atoms with Crippen LogP contribution in [-0.2, 0) is 0 Å². The lowest BCUT2D eigenvalue weighted by Gasteiger charge is -1.66. The number of hydrogen-bond donors (Lipinski definition) is 0. The maximum Gasteiger partial charge on any atom is -0.0414 e. The summed E-state index contributed by atoms with van der Waals surface area (Å²) in [6, 6.07) is 0. The second-order valence-corrected chi connectivity index (χ2v) is 2.86. The zero-order valence-electron chi connectivity index (χ0n) is 7.02. The molecule has 2 unspecified atom stereocenters. The van der Waals surface area contributed by atoms with E-state index in [4.69, 9.17) is 0 Å². The molecule has 0 aliphatic heterocycles. The minimum atomic E-state index is 1.05. The third kappa shape index (κ3) is 5.61. The normalized spacial score (nSPS) is 31.6. The van der Waals surface area contributed by atoms with E-state index in [-0.39, 0.29) is 0 Å². The van der Waals surface area contributed by atoms with Crippen molar-refractivity contribution < 1.29 is 0 Å². The van der Waals surface area contributed by atoms with Crippen molar-refractivity contribution >= 4 is 0 Å². The summed E-state index contributed by atoms with van der Waals surface area (Å²) in [5, 5.41) is 0.